The highest BCUT2D eigenvalue weighted by Gasteiger charge is 2.06. The van der Waals surface area contributed by atoms with Crippen LogP contribution in [-0.2, 0) is 0 Å². The SMILES string of the molecule is Nc1nc2cc(Br)ccc2cc1-c1ccccc1. The fourth-order valence-corrected chi connectivity index (χ4v) is 2.35. The van der Waals surface area contributed by atoms with E-state index in [1.807, 2.05) is 48.5 Å². The fraction of sp³-hybridized carbons (Fsp3) is 0. The zero-order valence-electron chi connectivity index (χ0n) is 9.60. The van der Waals surface area contributed by atoms with E-state index in [0.29, 0.717) is 5.82 Å². The Kier molecular flexibility index (Phi) is 2.76. The molecule has 2 aromatic carbocycles. The Bertz CT molecular complexity index is 708. The predicted molar refractivity (Wildman–Crippen MR) is 79.3 cm³/mol. The third kappa shape index (κ3) is 1.97. The van der Waals surface area contributed by atoms with Gasteiger partial charge in [-0.3, -0.25) is 0 Å². The van der Waals surface area contributed by atoms with Crippen molar-refractivity contribution < 1.29 is 0 Å². The van der Waals surface area contributed by atoms with E-state index >= 15 is 0 Å². The van der Waals surface area contributed by atoms with Crippen molar-refractivity contribution in [2.75, 3.05) is 5.73 Å². The summed E-state index contributed by atoms with van der Waals surface area (Å²) in [6, 6.07) is 18.2. The van der Waals surface area contributed by atoms with E-state index in [2.05, 4.69) is 27.0 Å². The lowest BCUT2D eigenvalue weighted by Gasteiger charge is -2.07. The molecule has 1 heterocycles. The van der Waals surface area contributed by atoms with Gasteiger partial charge in [0.25, 0.3) is 0 Å². The highest BCUT2D eigenvalue weighted by Crippen LogP contribution is 2.29. The van der Waals surface area contributed by atoms with Gasteiger partial charge >= 0.3 is 0 Å². The van der Waals surface area contributed by atoms with Gasteiger partial charge in [-0.1, -0.05) is 52.3 Å². The smallest absolute Gasteiger partial charge is 0.131 e. The number of nitrogens with zero attached hydrogens (tertiary/aromatic N) is 1. The normalized spacial score (nSPS) is 10.7. The first-order valence-corrected chi connectivity index (χ1v) is 6.44. The van der Waals surface area contributed by atoms with Crippen LogP contribution in [0.15, 0.2) is 59.1 Å². The summed E-state index contributed by atoms with van der Waals surface area (Å²) in [5.74, 6) is 0.562. The molecular weight excluding hydrogens is 288 g/mol. The van der Waals surface area contributed by atoms with E-state index in [0.717, 1.165) is 26.5 Å². The lowest BCUT2D eigenvalue weighted by Crippen LogP contribution is -1.95. The second-order valence-electron chi connectivity index (χ2n) is 4.12. The number of hydrogen-bond acceptors (Lipinski definition) is 2. The molecule has 2 nitrogen and oxygen atoms in total. The summed E-state index contributed by atoms with van der Waals surface area (Å²) < 4.78 is 1.01. The van der Waals surface area contributed by atoms with Crippen molar-refractivity contribution in [3.63, 3.8) is 0 Å². The van der Waals surface area contributed by atoms with Gasteiger partial charge in [0, 0.05) is 15.4 Å². The number of aromatic nitrogens is 1. The van der Waals surface area contributed by atoms with Gasteiger partial charge in [-0.15, -0.1) is 0 Å². The van der Waals surface area contributed by atoms with Crippen LogP contribution in [0.25, 0.3) is 22.0 Å². The molecule has 0 saturated heterocycles. The van der Waals surface area contributed by atoms with Gasteiger partial charge in [0.1, 0.15) is 5.82 Å². The maximum atomic E-state index is 6.04. The Morgan fingerprint density at radius 3 is 2.50 bits per heavy atom. The molecule has 0 spiro atoms. The first kappa shape index (κ1) is 11.2. The lowest BCUT2D eigenvalue weighted by atomic mass is 10.0. The largest absolute Gasteiger partial charge is 0.383 e. The Balaban J connectivity index is 2.25. The third-order valence-corrected chi connectivity index (χ3v) is 3.39. The number of halogens is 1. The molecule has 0 aliphatic carbocycles. The molecule has 3 rings (SSSR count). The standard InChI is InChI=1S/C15H11BrN2/c16-12-7-6-11-8-13(10-4-2-1-3-5-10)15(17)18-14(11)9-12/h1-9H,(H2,17,18). The third-order valence-electron chi connectivity index (χ3n) is 2.89. The number of benzene rings is 2. The van der Waals surface area contributed by atoms with E-state index < -0.39 is 0 Å². The van der Waals surface area contributed by atoms with Crippen LogP contribution < -0.4 is 5.73 Å². The second kappa shape index (κ2) is 4.42. The van der Waals surface area contributed by atoms with Gasteiger partial charge < -0.3 is 5.73 Å². The van der Waals surface area contributed by atoms with Crippen molar-refractivity contribution in [2.24, 2.45) is 0 Å². The molecule has 0 unspecified atom stereocenters. The molecule has 0 fully saturated rings. The molecule has 0 aliphatic heterocycles. The fourth-order valence-electron chi connectivity index (χ4n) is 2.00. The summed E-state index contributed by atoms with van der Waals surface area (Å²) in [7, 11) is 0. The molecule has 2 N–H and O–H groups in total. The zero-order valence-corrected chi connectivity index (χ0v) is 11.2. The summed E-state index contributed by atoms with van der Waals surface area (Å²) in [6.45, 7) is 0. The lowest BCUT2D eigenvalue weighted by molar-refractivity contribution is 1.41. The average Bonchev–Trinajstić information content (AvgIpc) is 2.39. The summed E-state index contributed by atoms with van der Waals surface area (Å²) in [5, 5.41) is 1.09. The topological polar surface area (TPSA) is 38.9 Å². The summed E-state index contributed by atoms with van der Waals surface area (Å²) in [4.78, 5) is 4.46. The van der Waals surface area contributed by atoms with Crippen molar-refractivity contribution in [2.45, 2.75) is 0 Å². The zero-order chi connectivity index (χ0) is 12.5. The summed E-state index contributed by atoms with van der Waals surface area (Å²) >= 11 is 3.44. The van der Waals surface area contributed by atoms with E-state index in [1.165, 1.54) is 0 Å². The quantitative estimate of drug-likeness (QED) is 0.729. The van der Waals surface area contributed by atoms with Gasteiger partial charge in [0.15, 0.2) is 0 Å². The molecule has 3 aromatic rings. The van der Waals surface area contributed by atoms with Gasteiger partial charge in [0.05, 0.1) is 5.52 Å². The molecular formula is C15H11BrN2. The molecule has 1 aromatic heterocycles. The van der Waals surface area contributed by atoms with E-state index in [4.69, 9.17) is 5.73 Å². The number of fused-ring (bicyclic) bond motifs is 1. The molecule has 0 radical (unpaired) electrons. The number of hydrogen-bond donors (Lipinski definition) is 1. The second-order valence-corrected chi connectivity index (χ2v) is 5.04. The van der Waals surface area contributed by atoms with Crippen molar-refractivity contribution >= 4 is 32.7 Å². The van der Waals surface area contributed by atoms with Gasteiger partial charge in [0.2, 0.25) is 0 Å². The molecule has 0 aliphatic rings. The number of pyridine rings is 1. The maximum absolute atomic E-state index is 6.04. The van der Waals surface area contributed by atoms with Crippen LogP contribution in [0.4, 0.5) is 5.82 Å². The van der Waals surface area contributed by atoms with Crippen LogP contribution in [0.1, 0.15) is 0 Å². The molecule has 18 heavy (non-hydrogen) atoms. The van der Waals surface area contributed by atoms with Crippen LogP contribution >= 0.6 is 15.9 Å². The number of anilines is 1. The van der Waals surface area contributed by atoms with Crippen molar-refractivity contribution in [1.29, 1.82) is 0 Å². The first-order chi connectivity index (χ1) is 8.74. The monoisotopic (exact) mass is 298 g/mol. The Hall–Kier alpha value is -1.87. The van der Waals surface area contributed by atoms with E-state index in [-0.39, 0.29) is 0 Å². The van der Waals surface area contributed by atoms with E-state index in [1.54, 1.807) is 0 Å². The predicted octanol–water partition coefficient (Wildman–Crippen LogP) is 4.25. The average molecular weight is 299 g/mol. The minimum absolute atomic E-state index is 0.562. The molecule has 0 saturated carbocycles. The summed E-state index contributed by atoms with van der Waals surface area (Å²) in [6.07, 6.45) is 0. The first-order valence-electron chi connectivity index (χ1n) is 5.65. The van der Waals surface area contributed by atoms with Crippen LogP contribution in [0, 0.1) is 0 Å². The molecule has 0 amide bonds. The Morgan fingerprint density at radius 1 is 0.944 bits per heavy atom. The molecule has 88 valence electrons. The highest BCUT2D eigenvalue weighted by molar-refractivity contribution is 9.10. The number of nitrogen functional groups attached to an aromatic ring is 1. The number of rotatable bonds is 1. The van der Waals surface area contributed by atoms with Crippen LogP contribution in [0.2, 0.25) is 0 Å². The van der Waals surface area contributed by atoms with Crippen LogP contribution in [0.3, 0.4) is 0 Å². The van der Waals surface area contributed by atoms with Crippen LogP contribution in [0.5, 0.6) is 0 Å². The highest BCUT2D eigenvalue weighted by atomic mass is 79.9. The summed E-state index contributed by atoms with van der Waals surface area (Å²) in [5.41, 5.74) is 9.01. The minimum Gasteiger partial charge on any atom is -0.383 e. The van der Waals surface area contributed by atoms with Crippen molar-refractivity contribution in [3.05, 3.63) is 59.1 Å². The minimum atomic E-state index is 0.562. The van der Waals surface area contributed by atoms with Gasteiger partial charge in [-0.05, 0) is 23.8 Å². The number of nitrogens with two attached hydrogens (primary N) is 1. The molecule has 0 atom stereocenters. The Morgan fingerprint density at radius 2 is 1.72 bits per heavy atom. The van der Waals surface area contributed by atoms with Gasteiger partial charge in [-0.2, -0.15) is 0 Å². The van der Waals surface area contributed by atoms with Crippen molar-refractivity contribution in [1.82, 2.24) is 4.98 Å². The van der Waals surface area contributed by atoms with E-state index in [9.17, 15) is 0 Å². The molecule has 3 heteroatoms. The van der Waals surface area contributed by atoms with Crippen molar-refractivity contribution in [3.8, 4) is 11.1 Å². The maximum Gasteiger partial charge on any atom is 0.131 e. The molecule has 0 bridgehead atoms. The van der Waals surface area contributed by atoms with Gasteiger partial charge in [-0.25, -0.2) is 4.98 Å². The Labute approximate surface area is 114 Å². The van der Waals surface area contributed by atoms with Crippen LogP contribution in [-0.4, -0.2) is 4.98 Å².